The maximum atomic E-state index is 12.4. The number of hydrogen-bond acceptors (Lipinski definition) is 7. The first kappa shape index (κ1) is 20.5. The minimum atomic E-state index is -4.41. The van der Waals surface area contributed by atoms with Crippen molar-refractivity contribution in [3.8, 4) is 0 Å². The molecule has 2 atom stereocenters. The fourth-order valence-corrected chi connectivity index (χ4v) is 2.79. The van der Waals surface area contributed by atoms with Gasteiger partial charge in [0, 0.05) is 18.4 Å². The van der Waals surface area contributed by atoms with Crippen LogP contribution in [0, 0.1) is 5.92 Å². The van der Waals surface area contributed by atoms with E-state index in [4.69, 9.17) is 4.74 Å². The Labute approximate surface area is 142 Å². The van der Waals surface area contributed by atoms with E-state index in [1.165, 1.54) is 0 Å². The van der Waals surface area contributed by atoms with E-state index in [1.54, 1.807) is 17.6 Å². The fourth-order valence-electron chi connectivity index (χ4n) is 2.79. The van der Waals surface area contributed by atoms with Crippen molar-refractivity contribution in [1.82, 2.24) is 0 Å². The van der Waals surface area contributed by atoms with Crippen molar-refractivity contribution in [3.05, 3.63) is 11.6 Å². The lowest BCUT2D eigenvalue weighted by Gasteiger charge is -2.24. The molecule has 0 aromatic heterocycles. The molecule has 0 fully saturated rings. The molecule has 2 heterocycles. The Hall–Kier alpha value is -1.58. The molecule has 2 aliphatic rings. The maximum Gasteiger partial charge on any atom is 0.405 e. The minimum absolute atomic E-state index is 0.124. The van der Waals surface area contributed by atoms with Crippen molar-refractivity contribution in [3.63, 3.8) is 0 Å². The maximum absolute atomic E-state index is 12.4. The predicted octanol–water partition coefficient (Wildman–Crippen LogP) is 0.771. The highest BCUT2D eigenvalue weighted by molar-refractivity contribution is 7.80. The van der Waals surface area contributed by atoms with Gasteiger partial charge in [0.15, 0.2) is 11.8 Å². The first-order valence-corrected chi connectivity index (χ1v) is 9.01. The van der Waals surface area contributed by atoms with Gasteiger partial charge in [0.25, 0.3) is 0 Å². The van der Waals surface area contributed by atoms with E-state index in [9.17, 15) is 22.6 Å². The van der Waals surface area contributed by atoms with E-state index in [2.05, 4.69) is 4.18 Å². The number of hydrogen-bond donors (Lipinski definition) is 0. The van der Waals surface area contributed by atoms with Crippen LogP contribution in [0.4, 0.5) is 0 Å². The molecule has 9 heteroatoms. The molecule has 0 saturated carbocycles. The van der Waals surface area contributed by atoms with Gasteiger partial charge in [-0.3, -0.25) is 8.98 Å². The first-order chi connectivity index (χ1) is 11.1. The SMILES string of the molecule is CCOC(=O)C1C=C(C)C2=[N+](C1=O)C(C)CCC2.COS(=O)(=O)[O-]. The normalized spacial score (nSPS) is 23.7. The number of nitrogens with zero attached hydrogens (tertiary/aromatic N) is 1. The summed E-state index contributed by atoms with van der Waals surface area (Å²) in [5.41, 5.74) is 2.12. The van der Waals surface area contributed by atoms with Crippen LogP contribution in [0.3, 0.4) is 0 Å². The lowest BCUT2D eigenvalue weighted by atomic mass is 9.90. The minimum Gasteiger partial charge on any atom is -0.726 e. The van der Waals surface area contributed by atoms with E-state index in [0.717, 1.165) is 37.7 Å². The zero-order valence-electron chi connectivity index (χ0n) is 14.3. The van der Waals surface area contributed by atoms with Crippen molar-refractivity contribution in [2.24, 2.45) is 5.92 Å². The second-order valence-electron chi connectivity index (χ2n) is 5.55. The third-order valence-electron chi connectivity index (χ3n) is 3.89. The topological polar surface area (TPSA) is 113 Å². The molecule has 1 amide bonds. The largest absolute Gasteiger partial charge is 0.726 e. The molecule has 2 rings (SSSR count). The van der Waals surface area contributed by atoms with Gasteiger partial charge in [0.05, 0.1) is 13.7 Å². The molecule has 136 valence electrons. The number of amides is 1. The molecule has 0 aromatic carbocycles. The number of carbonyl (C=O) groups is 2. The summed E-state index contributed by atoms with van der Waals surface area (Å²) in [5, 5.41) is 0. The summed E-state index contributed by atoms with van der Waals surface area (Å²) < 4.78 is 37.8. The predicted molar refractivity (Wildman–Crippen MR) is 84.2 cm³/mol. The highest BCUT2D eigenvalue weighted by Gasteiger charge is 2.44. The van der Waals surface area contributed by atoms with E-state index < -0.39 is 22.3 Å². The monoisotopic (exact) mass is 361 g/mol. The molecule has 0 aliphatic carbocycles. The summed E-state index contributed by atoms with van der Waals surface area (Å²) >= 11 is 0. The van der Waals surface area contributed by atoms with Crippen LogP contribution in [0.15, 0.2) is 11.6 Å². The van der Waals surface area contributed by atoms with Crippen LogP contribution in [0.25, 0.3) is 0 Å². The van der Waals surface area contributed by atoms with Crippen molar-refractivity contribution in [2.75, 3.05) is 13.7 Å². The Morgan fingerprint density at radius 2 is 2.04 bits per heavy atom. The Bertz CT molecular complexity index is 663. The van der Waals surface area contributed by atoms with E-state index in [-0.39, 0.29) is 11.9 Å². The molecule has 2 unspecified atom stereocenters. The van der Waals surface area contributed by atoms with Crippen LogP contribution in [0.5, 0.6) is 0 Å². The van der Waals surface area contributed by atoms with E-state index in [1.807, 2.05) is 13.8 Å². The Balaban J connectivity index is 0.000000413. The van der Waals surface area contributed by atoms with Gasteiger partial charge in [0.1, 0.15) is 0 Å². The molecule has 0 N–H and O–H groups in total. The van der Waals surface area contributed by atoms with Crippen LogP contribution in [0.1, 0.15) is 40.0 Å². The molecule has 0 saturated heterocycles. The van der Waals surface area contributed by atoms with Crippen LogP contribution >= 0.6 is 0 Å². The summed E-state index contributed by atoms with van der Waals surface area (Å²) in [7, 11) is -3.60. The van der Waals surface area contributed by atoms with Crippen molar-refractivity contribution < 1.29 is 36.1 Å². The molecular formula is C15H23NO7S. The summed E-state index contributed by atoms with van der Waals surface area (Å²) in [4.78, 5) is 24.2. The third kappa shape index (κ3) is 5.22. The lowest BCUT2D eigenvalue weighted by molar-refractivity contribution is -0.493. The number of carbonyl (C=O) groups excluding carboxylic acids is 2. The molecule has 0 radical (unpaired) electrons. The van der Waals surface area contributed by atoms with Gasteiger partial charge in [-0.15, -0.1) is 0 Å². The van der Waals surface area contributed by atoms with Gasteiger partial charge in [-0.2, -0.15) is 4.58 Å². The number of ether oxygens (including phenoxy) is 1. The van der Waals surface area contributed by atoms with Crippen LogP contribution < -0.4 is 0 Å². The fraction of sp³-hybridized carbons (Fsp3) is 0.667. The second-order valence-corrected chi connectivity index (χ2v) is 6.70. The first-order valence-electron chi connectivity index (χ1n) is 7.68. The smallest absolute Gasteiger partial charge is 0.405 e. The van der Waals surface area contributed by atoms with Crippen molar-refractivity contribution in [1.29, 1.82) is 0 Å². The molecular weight excluding hydrogens is 338 g/mol. The molecule has 0 aromatic rings. The number of rotatable bonds is 3. The molecule has 24 heavy (non-hydrogen) atoms. The lowest BCUT2D eigenvalue weighted by Crippen LogP contribution is -2.46. The Morgan fingerprint density at radius 3 is 2.54 bits per heavy atom. The van der Waals surface area contributed by atoms with Gasteiger partial charge in [-0.25, -0.2) is 13.2 Å². The van der Waals surface area contributed by atoms with E-state index in [0.29, 0.717) is 6.61 Å². The van der Waals surface area contributed by atoms with E-state index >= 15 is 0 Å². The quantitative estimate of drug-likeness (QED) is 0.240. The highest BCUT2D eigenvalue weighted by atomic mass is 32.3. The van der Waals surface area contributed by atoms with Crippen LogP contribution in [-0.2, 0) is 28.9 Å². The zero-order chi connectivity index (χ0) is 18.5. The summed E-state index contributed by atoms with van der Waals surface area (Å²) in [6, 6.07) is 0.182. The highest BCUT2D eigenvalue weighted by Crippen LogP contribution is 2.25. The summed E-state index contributed by atoms with van der Waals surface area (Å²) in [6.45, 7) is 6.07. The number of allylic oxidation sites excluding steroid dienone is 1. The van der Waals surface area contributed by atoms with Crippen molar-refractivity contribution in [2.45, 2.75) is 46.1 Å². The Morgan fingerprint density at radius 1 is 1.46 bits per heavy atom. The second kappa shape index (κ2) is 8.50. The summed E-state index contributed by atoms with van der Waals surface area (Å²) in [6.07, 6.45) is 4.78. The standard InChI is InChI=1S/C14H20NO3.CH4O4S/c1-4-18-14(17)11-8-9(2)12-7-5-6-10(3)15(12)13(11)16;1-5-6(2,3)4/h8,10-11H,4-7H2,1-3H3;1H3,(H,2,3,4)/q+1;/p-1. The Kier molecular flexibility index (Phi) is 7.25. The van der Waals surface area contributed by atoms with Gasteiger partial charge in [-0.1, -0.05) is 0 Å². The molecule has 0 bridgehead atoms. The van der Waals surface area contributed by atoms with Crippen LogP contribution in [-0.4, -0.2) is 54.9 Å². The van der Waals surface area contributed by atoms with Crippen LogP contribution in [0.2, 0.25) is 0 Å². The summed E-state index contributed by atoms with van der Waals surface area (Å²) in [5.74, 6) is -1.31. The van der Waals surface area contributed by atoms with Gasteiger partial charge < -0.3 is 9.29 Å². The van der Waals surface area contributed by atoms with Gasteiger partial charge >= 0.3 is 11.9 Å². The zero-order valence-corrected chi connectivity index (χ0v) is 15.1. The average Bonchev–Trinajstić information content (AvgIpc) is 2.51. The molecule has 2 aliphatic heterocycles. The average molecular weight is 361 g/mol. The van der Waals surface area contributed by atoms with Gasteiger partial charge in [-0.05, 0) is 33.3 Å². The molecule has 8 nitrogen and oxygen atoms in total. The molecule has 0 spiro atoms. The van der Waals surface area contributed by atoms with Crippen molar-refractivity contribution >= 4 is 28.0 Å². The number of esters is 1. The third-order valence-corrected chi connectivity index (χ3v) is 4.30. The van der Waals surface area contributed by atoms with Gasteiger partial charge in [0.2, 0.25) is 16.3 Å².